The van der Waals surface area contributed by atoms with E-state index in [9.17, 15) is 14.4 Å². The highest BCUT2D eigenvalue weighted by Gasteiger charge is 2.38. The normalized spacial score (nSPS) is 19.9. The lowest BCUT2D eigenvalue weighted by Crippen LogP contribution is -2.35. The van der Waals surface area contributed by atoms with Gasteiger partial charge >= 0.3 is 0 Å². The van der Waals surface area contributed by atoms with Crippen molar-refractivity contribution in [1.82, 2.24) is 4.90 Å². The lowest BCUT2D eigenvalue weighted by molar-refractivity contribution is -0.129. The molecule has 2 aromatic carbocycles. The van der Waals surface area contributed by atoms with Crippen LogP contribution in [-0.4, -0.2) is 42.0 Å². The summed E-state index contributed by atoms with van der Waals surface area (Å²) in [6, 6.07) is 12.3. The van der Waals surface area contributed by atoms with Gasteiger partial charge in [0.2, 0.25) is 18.6 Å². The highest BCUT2D eigenvalue weighted by molar-refractivity contribution is 6.10. The van der Waals surface area contributed by atoms with Gasteiger partial charge in [-0.3, -0.25) is 14.4 Å². The summed E-state index contributed by atoms with van der Waals surface area (Å²) < 4.78 is 10.6. The van der Waals surface area contributed by atoms with Gasteiger partial charge in [0.1, 0.15) is 0 Å². The minimum absolute atomic E-state index is 0.0471. The molecule has 2 heterocycles. The summed E-state index contributed by atoms with van der Waals surface area (Å²) in [5.41, 5.74) is 1.33. The third-order valence-electron chi connectivity index (χ3n) is 6.35. The number of anilines is 2. The first-order valence-electron chi connectivity index (χ1n) is 11.0. The second kappa shape index (κ2) is 8.53. The number of fused-ring (bicyclic) bond motifs is 1. The van der Waals surface area contributed by atoms with E-state index in [-0.39, 0.29) is 37.0 Å². The minimum atomic E-state index is -0.409. The fourth-order valence-corrected chi connectivity index (χ4v) is 4.67. The van der Waals surface area contributed by atoms with E-state index in [0.29, 0.717) is 35.0 Å². The van der Waals surface area contributed by atoms with Gasteiger partial charge in [-0.1, -0.05) is 25.0 Å². The molecule has 1 saturated carbocycles. The second-order valence-corrected chi connectivity index (χ2v) is 8.44. The van der Waals surface area contributed by atoms with Crippen LogP contribution in [0.1, 0.15) is 42.5 Å². The molecule has 2 aliphatic heterocycles. The van der Waals surface area contributed by atoms with Gasteiger partial charge in [-0.15, -0.1) is 0 Å². The van der Waals surface area contributed by atoms with Gasteiger partial charge in [-0.05, 0) is 37.1 Å². The standard InChI is InChI=1S/C24H25N3O5/c28-22-11-15(13-27(22)17-5-1-2-6-17)23(29)26-19-8-4-3-7-18(19)24(30)25-16-9-10-20-21(12-16)32-14-31-20/h3-4,7-10,12,15,17H,1-2,5-6,11,13-14H2,(H,25,30)(H,26,29)/t15-/m1/s1. The van der Waals surface area contributed by atoms with Gasteiger partial charge in [-0.25, -0.2) is 0 Å². The Kier molecular flexibility index (Phi) is 5.43. The summed E-state index contributed by atoms with van der Waals surface area (Å²) in [7, 11) is 0. The van der Waals surface area contributed by atoms with E-state index in [1.165, 1.54) is 0 Å². The van der Waals surface area contributed by atoms with E-state index in [1.54, 1.807) is 42.5 Å². The number of likely N-dealkylation sites (tertiary alicyclic amines) is 1. The number of hydrogen-bond donors (Lipinski definition) is 2. The second-order valence-electron chi connectivity index (χ2n) is 8.44. The first-order chi connectivity index (χ1) is 15.6. The van der Waals surface area contributed by atoms with E-state index in [4.69, 9.17) is 9.47 Å². The molecule has 0 radical (unpaired) electrons. The molecule has 8 heteroatoms. The molecular formula is C24H25N3O5. The maximum absolute atomic E-state index is 12.9. The summed E-state index contributed by atoms with van der Waals surface area (Å²) in [6.45, 7) is 0.602. The molecule has 32 heavy (non-hydrogen) atoms. The number of carbonyl (C=O) groups is 3. The van der Waals surface area contributed by atoms with E-state index in [0.717, 1.165) is 25.7 Å². The number of benzene rings is 2. The van der Waals surface area contributed by atoms with Crippen molar-refractivity contribution in [1.29, 1.82) is 0 Å². The van der Waals surface area contributed by atoms with Crippen molar-refractivity contribution in [2.24, 2.45) is 5.92 Å². The van der Waals surface area contributed by atoms with Crippen molar-refractivity contribution in [2.45, 2.75) is 38.1 Å². The molecule has 166 valence electrons. The average Bonchev–Trinajstić information content (AvgIpc) is 3.54. The minimum Gasteiger partial charge on any atom is -0.454 e. The molecular weight excluding hydrogens is 410 g/mol. The molecule has 0 bridgehead atoms. The van der Waals surface area contributed by atoms with Crippen LogP contribution in [0.3, 0.4) is 0 Å². The van der Waals surface area contributed by atoms with E-state index < -0.39 is 5.92 Å². The SMILES string of the molecule is O=C(Nc1ccc2c(c1)OCO2)c1ccccc1NC(=O)[C@@H]1CC(=O)N(C2CCCC2)C1. The third kappa shape index (κ3) is 4.00. The molecule has 3 aliphatic rings. The number of nitrogens with zero attached hydrogens (tertiary/aromatic N) is 1. The van der Waals surface area contributed by atoms with Crippen LogP contribution in [0.25, 0.3) is 0 Å². The van der Waals surface area contributed by atoms with Gasteiger partial charge in [0.05, 0.1) is 17.2 Å². The quantitative estimate of drug-likeness (QED) is 0.750. The van der Waals surface area contributed by atoms with Crippen LogP contribution in [0.15, 0.2) is 42.5 Å². The molecule has 2 aromatic rings. The monoisotopic (exact) mass is 435 g/mol. The fourth-order valence-electron chi connectivity index (χ4n) is 4.67. The highest BCUT2D eigenvalue weighted by atomic mass is 16.7. The van der Waals surface area contributed by atoms with Gasteiger partial charge in [-0.2, -0.15) is 0 Å². The van der Waals surface area contributed by atoms with Gasteiger partial charge in [0, 0.05) is 30.8 Å². The van der Waals surface area contributed by atoms with Crippen molar-refractivity contribution < 1.29 is 23.9 Å². The zero-order valence-electron chi connectivity index (χ0n) is 17.6. The lowest BCUT2D eigenvalue weighted by atomic mass is 10.1. The Morgan fingerprint density at radius 3 is 2.59 bits per heavy atom. The lowest BCUT2D eigenvalue weighted by Gasteiger charge is -2.24. The predicted molar refractivity (Wildman–Crippen MR) is 118 cm³/mol. The van der Waals surface area contributed by atoms with E-state index in [2.05, 4.69) is 10.6 Å². The summed E-state index contributed by atoms with van der Waals surface area (Å²) in [5, 5.41) is 5.70. The van der Waals surface area contributed by atoms with Gasteiger partial charge in [0.15, 0.2) is 11.5 Å². The molecule has 2 fully saturated rings. The number of rotatable bonds is 5. The molecule has 1 aliphatic carbocycles. The summed E-state index contributed by atoms with van der Waals surface area (Å²) in [4.78, 5) is 40.2. The Labute approximate surface area is 185 Å². The van der Waals surface area contributed by atoms with E-state index in [1.807, 2.05) is 4.90 Å². The van der Waals surface area contributed by atoms with Crippen LogP contribution >= 0.6 is 0 Å². The molecule has 2 N–H and O–H groups in total. The average molecular weight is 435 g/mol. The highest BCUT2D eigenvalue weighted by Crippen LogP contribution is 2.34. The first kappa shape index (κ1) is 20.4. The summed E-state index contributed by atoms with van der Waals surface area (Å²) in [6.07, 6.45) is 4.52. The third-order valence-corrected chi connectivity index (χ3v) is 6.35. The van der Waals surface area contributed by atoms with Crippen LogP contribution < -0.4 is 20.1 Å². The summed E-state index contributed by atoms with van der Waals surface area (Å²) in [5.74, 6) is 0.256. The summed E-state index contributed by atoms with van der Waals surface area (Å²) >= 11 is 0. The van der Waals surface area contributed by atoms with Gasteiger partial charge < -0.3 is 25.0 Å². The van der Waals surface area contributed by atoms with Crippen molar-refractivity contribution in [2.75, 3.05) is 24.0 Å². The first-order valence-corrected chi connectivity index (χ1v) is 11.0. The van der Waals surface area contributed by atoms with Crippen molar-refractivity contribution in [3.63, 3.8) is 0 Å². The van der Waals surface area contributed by atoms with Crippen LogP contribution in [0, 0.1) is 5.92 Å². The Hall–Kier alpha value is -3.55. The van der Waals surface area contributed by atoms with Crippen molar-refractivity contribution in [3.8, 4) is 11.5 Å². The topological polar surface area (TPSA) is 97.0 Å². The number of carbonyl (C=O) groups excluding carboxylic acids is 3. The van der Waals surface area contributed by atoms with Crippen molar-refractivity contribution in [3.05, 3.63) is 48.0 Å². The number of ether oxygens (including phenoxy) is 2. The fraction of sp³-hybridized carbons (Fsp3) is 0.375. The van der Waals surface area contributed by atoms with E-state index >= 15 is 0 Å². The van der Waals surface area contributed by atoms with Crippen LogP contribution in [-0.2, 0) is 9.59 Å². The number of nitrogens with one attached hydrogen (secondary N) is 2. The molecule has 0 spiro atoms. The molecule has 0 aromatic heterocycles. The Morgan fingerprint density at radius 2 is 1.75 bits per heavy atom. The Bertz CT molecular complexity index is 1060. The van der Waals surface area contributed by atoms with Crippen LogP contribution in [0.4, 0.5) is 11.4 Å². The largest absolute Gasteiger partial charge is 0.454 e. The zero-order chi connectivity index (χ0) is 22.1. The molecule has 1 atom stereocenters. The smallest absolute Gasteiger partial charge is 0.257 e. The Morgan fingerprint density at radius 1 is 0.969 bits per heavy atom. The zero-order valence-corrected chi connectivity index (χ0v) is 17.6. The predicted octanol–water partition coefficient (Wildman–Crippen LogP) is 3.40. The maximum Gasteiger partial charge on any atom is 0.257 e. The number of para-hydroxylation sites is 1. The molecule has 5 rings (SSSR count). The Balaban J connectivity index is 1.26. The van der Waals surface area contributed by atoms with Crippen LogP contribution in [0.5, 0.6) is 11.5 Å². The van der Waals surface area contributed by atoms with Crippen molar-refractivity contribution >= 4 is 29.1 Å². The number of amides is 3. The molecule has 8 nitrogen and oxygen atoms in total. The molecule has 1 saturated heterocycles. The molecule has 3 amide bonds. The molecule has 0 unspecified atom stereocenters. The maximum atomic E-state index is 12.9. The number of hydrogen-bond acceptors (Lipinski definition) is 5. The van der Waals surface area contributed by atoms with Gasteiger partial charge in [0.25, 0.3) is 5.91 Å². The van der Waals surface area contributed by atoms with Crippen LogP contribution in [0.2, 0.25) is 0 Å².